The van der Waals surface area contributed by atoms with E-state index in [4.69, 9.17) is 0 Å². The first kappa shape index (κ1) is 16.6. The van der Waals surface area contributed by atoms with Crippen LogP contribution in [0.25, 0.3) is 10.9 Å². The molecule has 26 heavy (non-hydrogen) atoms. The molecule has 1 aliphatic rings. The Morgan fingerprint density at radius 1 is 1.19 bits per heavy atom. The molecule has 0 aliphatic heterocycles. The Hall–Kier alpha value is -2.86. The fourth-order valence-electron chi connectivity index (χ4n) is 3.36. The van der Waals surface area contributed by atoms with Crippen molar-refractivity contribution in [3.63, 3.8) is 0 Å². The van der Waals surface area contributed by atoms with E-state index in [1.807, 2.05) is 44.4 Å². The van der Waals surface area contributed by atoms with Gasteiger partial charge in [0.25, 0.3) is 5.91 Å². The molecule has 0 fully saturated rings. The number of hydrogen-bond acceptors (Lipinski definition) is 5. The smallest absolute Gasteiger partial charge is 0.258 e. The normalized spacial score (nSPS) is 16.3. The molecule has 2 aromatic heterocycles. The van der Waals surface area contributed by atoms with Crippen LogP contribution in [0.5, 0.6) is 0 Å². The Bertz CT molecular complexity index is 985. The SMILES string of the molecule is CNC1CCc2nc(NC(=O)c3ccc4nc(C)ccc4c3)ncc2C1. The van der Waals surface area contributed by atoms with Gasteiger partial charge in [0.15, 0.2) is 0 Å². The third-order valence-corrected chi connectivity index (χ3v) is 4.87. The van der Waals surface area contributed by atoms with Crippen molar-refractivity contribution in [3.8, 4) is 0 Å². The number of fused-ring (bicyclic) bond motifs is 2. The summed E-state index contributed by atoms with van der Waals surface area (Å²) in [6.07, 6.45) is 4.70. The molecule has 0 saturated carbocycles. The van der Waals surface area contributed by atoms with Crippen molar-refractivity contribution in [3.05, 3.63) is 59.0 Å². The predicted octanol–water partition coefficient (Wildman–Crippen LogP) is 2.66. The lowest BCUT2D eigenvalue weighted by atomic mass is 9.93. The number of nitrogens with one attached hydrogen (secondary N) is 2. The third-order valence-electron chi connectivity index (χ3n) is 4.87. The number of anilines is 1. The van der Waals surface area contributed by atoms with E-state index in [2.05, 4.69) is 25.6 Å². The first-order valence-electron chi connectivity index (χ1n) is 8.83. The zero-order valence-electron chi connectivity index (χ0n) is 14.9. The van der Waals surface area contributed by atoms with Gasteiger partial charge in [0.2, 0.25) is 5.95 Å². The second kappa shape index (κ2) is 6.80. The van der Waals surface area contributed by atoms with Crippen LogP contribution < -0.4 is 10.6 Å². The van der Waals surface area contributed by atoms with E-state index in [0.717, 1.165) is 47.1 Å². The van der Waals surface area contributed by atoms with Gasteiger partial charge in [0.1, 0.15) is 0 Å². The molecule has 1 unspecified atom stereocenters. The number of likely N-dealkylation sites (N-methyl/N-ethyl adjacent to an activating group) is 1. The number of amides is 1. The number of benzene rings is 1. The van der Waals surface area contributed by atoms with Gasteiger partial charge in [-0.15, -0.1) is 0 Å². The quantitative estimate of drug-likeness (QED) is 0.761. The zero-order chi connectivity index (χ0) is 18.1. The average Bonchev–Trinajstić information content (AvgIpc) is 2.67. The molecule has 4 rings (SSSR count). The van der Waals surface area contributed by atoms with Crippen molar-refractivity contribution >= 4 is 22.8 Å². The molecule has 6 heteroatoms. The average molecular weight is 347 g/mol. The summed E-state index contributed by atoms with van der Waals surface area (Å²) in [7, 11) is 1.98. The van der Waals surface area contributed by atoms with E-state index in [-0.39, 0.29) is 5.91 Å². The zero-order valence-corrected chi connectivity index (χ0v) is 14.9. The van der Waals surface area contributed by atoms with Crippen molar-refractivity contribution < 1.29 is 4.79 Å². The summed E-state index contributed by atoms with van der Waals surface area (Å²) in [5, 5.41) is 7.05. The van der Waals surface area contributed by atoms with Crippen molar-refractivity contribution in [2.24, 2.45) is 0 Å². The molecule has 0 bridgehead atoms. The molecule has 1 aromatic carbocycles. The molecule has 3 aromatic rings. The molecular weight excluding hydrogens is 326 g/mol. The summed E-state index contributed by atoms with van der Waals surface area (Å²) < 4.78 is 0. The van der Waals surface area contributed by atoms with E-state index in [0.29, 0.717) is 17.6 Å². The van der Waals surface area contributed by atoms with Crippen molar-refractivity contribution in [1.82, 2.24) is 20.3 Å². The number of pyridine rings is 1. The standard InChI is InChI=1S/C20H21N5O/c1-12-3-4-13-9-14(5-7-17(13)23-12)19(26)25-20-22-11-15-10-16(21-2)6-8-18(15)24-20/h3-5,7,9,11,16,21H,6,8,10H2,1-2H3,(H,22,24,25,26). The van der Waals surface area contributed by atoms with Crippen LogP contribution in [0.1, 0.15) is 33.7 Å². The minimum atomic E-state index is -0.212. The van der Waals surface area contributed by atoms with Crippen molar-refractivity contribution in [2.75, 3.05) is 12.4 Å². The van der Waals surface area contributed by atoms with Crippen molar-refractivity contribution in [1.29, 1.82) is 0 Å². The van der Waals surface area contributed by atoms with Gasteiger partial charge in [0, 0.05) is 34.6 Å². The highest BCUT2D eigenvalue weighted by atomic mass is 16.1. The first-order chi connectivity index (χ1) is 12.6. The van der Waals surface area contributed by atoms with E-state index < -0.39 is 0 Å². The van der Waals surface area contributed by atoms with Crippen LogP contribution in [0, 0.1) is 6.92 Å². The summed E-state index contributed by atoms with van der Waals surface area (Å²) in [5.74, 6) is 0.148. The van der Waals surface area contributed by atoms with Gasteiger partial charge < -0.3 is 5.32 Å². The fraction of sp³-hybridized carbons (Fsp3) is 0.300. The number of carbonyl (C=O) groups excluding carboxylic acids is 1. The van der Waals surface area contributed by atoms with Crippen LogP contribution in [0.15, 0.2) is 36.5 Å². The maximum Gasteiger partial charge on any atom is 0.258 e. The van der Waals surface area contributed by atoms with E-state index >= 15 is 0 Å². The lowest BCUT2D eigenvalue weighted by Gasteiger charge is -2.23. The number of carbonyl (C=O) groups is 1. The molecule has 132 valence electrons. The van der Waals surface area contributed by atoms with Crippen molar-refractivity contribution in [2.45, 2.75) is 32.2 Å². The Balaban J connectivity index is 1.54. The third kappa shape index (κ3) is 3.28. The monoisotopic (exact) mass is 347 g/mol. The van der Waals surface area contributed by atoms with Gasteiger partial charge in [-0.3, -0.25) is 15.1 Å². The van der Waals surface area contributed by atoms with Crippen LogP contribution in [-0.2, 0) is 12.8 Å². The first-order valence-corrected chi connectivity index (χ1v) is 8.83. The lowest BCUT2D eigenvalue weighted by Crippen LogP contribution is -2.32. The Morgan fingerprint density at radius 2 is 2.08 bits per heavy atom. The summed E-state index contributed by atoms with van der Waals surface area (Å²) in [4.78, 5) is 25.9. The van der Waals surface area contributed by atoms with Gasteiger partial charge in [0.05, 0.1) is 5.52 Å². The summed E-state index contributed by atoms with van der Waals surface area (Å²) >= 11 is 0. The van der Waals surface area contributed by atoms with Crippen LogP contribution in [0.2, 0.25) is 0 Å². The van der Waals surface area contributed by atoms with Gasteiger partial charge in [-0.25, -0.2) is 9.97 Å². The van der Waals surface area contributed by atoms with Gasteiger partial charge in [-0.05, 0) is 63.1 Å². The molecule has 0 spiro atoms. The maximum absolute atomic E-state index is 12.6. The number of hydrogen-bond donors (Lipinski definition) is 2. The van der Waals surface area contributed by atoms with Gasteiger partial charge in [-0.2, -0.15) is 0 Å². The number of aryl methyl sites for hydroxylation is 2. The minimum Gasteiger partial charge on any atom is -0.317 e. The number of rotatable bonds is 3. The second-order valence-corrected chi connectivity index (χ2v) is 6.71. The second-order valence-electron chi connectivity index (χ2n) is 6.71. The topological polar surface area (TPSA) is 79.8 Å². The molecule has 1 aliphatic carbocycles. The predicted molar refractivity (Wildman–Crippen MR) is 101 cm³/mol. The largest absolute Gasteiger partial charge is 0.317 e. The molecule has 2 N–H and O–H groups in total. The fourth-order valence-corrected chi connectivity index (χ4v) is 3.36. The Morgan fingerprint density at radius 3 is 2.92 bits per heavy atom. The summed E-state index contributed by atoms with van der Waals surface area (Å²) in [6.45, 7) is 1.95. The van der Waals surface area contributed by atoms with Crippen LogP contribution in [-0.4, -0.2) is 33.9 Å². The minimum absolute atomic E-state index is 0.212. The molecule has 0 saturated heterocycles. The summed E-state index contributed by atoms with van der Waals surface area (Å²) in [6, 6.07) is 9.87. The van der Waals surface area contributed by atoms with Crippen LogP contribution in [0.3, 0.4) is 0 Å². The Labute approximate surface area is 152 Å². The molecule has 1 atom stereocenters. The highest BCUT2D eigenvalue weighted by Crippen LogP contribution is 2.21. The highest BCUT2D eigenvalue weighted by molar-refractivity contribution is 6.05. The Kier molecular flexibility index (Phi) is 4.34. The van der Waals surface area contributed by atoms with Gasteiger partial charge in [-0.1, -0.05) is 6.07 Å². The maximum atomic E-state index is 12.6. The molecule has 6 nitrogen and oxygen atoms in total. The van der Waals surface area contributed by atoms with Gasteiger partial charge >= 0.3 is 0 Å². The molecular formula is C20H21N5O. The number of aromatic nitrogens is 3. The van der Waals surface area contributed by atoms with Crippen LogP contribution >= 0.6 is 0 Å². The lowest BCUT2D eigenvalue weighted by molar-refractivity contribution is 0.102. The molecule has 0 radical (unpaired) electrons. The highest BCUT2D eigenvalue weighted by Gasteiger charge is 2.19. The number of nitrogens with zero attached hydrogens (tertiary/aromatic N) is 3. The summed E-state index contributed by atoms with van der Waals surface area (Å²) in [5.41, 5.74) is 4.59. The molecule has 1 amide bonds. The van der Waals surface area contributed by atoms with Crippen LogP contribution in [0.4, 0.5) is 5.95 Å². The molecule has 2 heterocycles. The van der Waals surface area contributed by atoms with E-state index in [1.165, 1.54) is 0 Å². The van der Waals surface area contributed by atoms with E-state index in [9.17, 15) is 4.79 Å². The van der Waals surface area contributed by atoms with E-state index in [1.54, 1.807) is 6.07 Å².